The minimum absolute atomic E-state index is 0.160. The average molecular weight is 323 g/mol. The van der Waals surface area contributed by atoms with Gasteiger partial charge in [0.05, 0.1) is 0 Å². The Morgan fingerprint density at radius 3 is 2.68 bits per heavy atom. The number of nitrogens with one attached hydrogen (secondary N) is 1. The molecule has 5 nitrogen and oxygen atoms in total. The maximum atomic E-state index is 11.9. The highest BCUT2D eigenvalue weighted by molar-refractivity contribution is 6.31. The summed E-state index contributed by atoms with van der Waals surface area (Å²) in [5.74, 6) is -1.45. The average Bonchev–Trinajstić information content (AvgIpc) is 2.84. The first-order chi connectivity index (χ1) is 10.4. The molecule has 1 atom stereocenters. The molecule has 6 heteroatoms. The van der Waals surface area contributed by atoms with Crippen molar-refractivity contribution in [2.45, 2.75) is 32.9 Å². The third-order valence-corrected chi connectivity index (χ3v) is 3.80. The van der Waals surface area contributed by atoms with E-state index in [1.54, 1.807) is 13.8 Å². The third kappa shape index (κ3) is 3.80. The fourth-order valence-corrected chi connectivity index (χ4v) is 2.50. The lowest BCUT2D eigenvalue weighted by atomic mass is 10.0. The highest BCUT2D eigenvalue weighted by atomic mass is 35.5. The molecule has 22 heavy (non-hydrogen) atoms. The van der Waals surface area contributed by atoms with Crippen LogP contribution < -0.4 is 5.32 Å². The second-order valence-electron chi connectivity index (χ2n) is 5.59. The summed E-state index contributed by atoms with van der Waals surface area (Å²) in [4.78, 5) is 23.0. The van der Waals surface area contributed by atoms with Crippen LogP contribution in [0.15, 0.2) is 30.5 Å². The predicted molar refractivity (Wildman–Crippen MR) is 86.0 cm³/mol. The van der Waals surface area contributed by atoms with Crippen LogP contribution in [-0.4, -0.2) is 27.6 Å². The topological polar surface area (TPSA) is 71.3 Å². The molecule has 1 heterocycles. The van der Waals surface area contributed by atoms with E-state index in [1.807, 2.05) is 35.0 Å². The Morgan fingerprint density at radius 1 is 1.32 bits per heavy atom. The van der Waals surface area contributed by atoms with E-state index in [4.69, 9.17) is 16.7 Å². The lowest BCUT2D eigenvalue weighted by Gasteiger charge is -2.18. The number of amides is 1. The number of aryl methyl sites for hydroxylation is 1. The van der Waals surface area contributed by atoms with Crippen LogP contribution in [0, 0.1) is 5.92 Å². The van der Waals surface area contributed by atoms with Crippen LogP contribution in [0.2, 0.25) is 5.02 Å². The maximum absolute atomic E-state index is 11.9. The molecule has 2 rings (SSSR count). The molecule has 0 fully saturated rings. The second kappa shape index (κ2) is 6.83. The summed E-state index contributed by atoms with van der Waals surface area (Å²) in [6.07, 6.45) is 2.11. The zero-order valence-corrected chi connectivity index (χ0v) is 13.3. The molecule has 0 radical (unpaired) electrons. The van der Waals surface area contributed by atoms with Gasteiger partial charge in [0.2, 0.25) is 5.91 Å². The largest absolute Gasteiger partial charge is 0.480 e. The Labute approximate surface area is 133 Å². The Kier molecular flexibility index (Phi) is 5.08. The SMILES string of the molecule is CC(C)[C@H](NC(=O)CCn1ccc2ccc(Cl)cc21)C(=O)O. The van der Waals surface area contributed by atoms with E-state index in [-0.39, 0.29) is 18.2 Å². The van der Waals surface area contributed by atoms with Crippen LogP contribution >= 0.6 is 11.6 Å². The van der Waals surface area contributed by atoms with E-state index in [0.717, 1.165) is 10.9 Å². The van der Waals surface area contributed by atoms with Crippen LogP contribution in [0.3, 0.4) is 0 Å². The van der Waals surface area contributed by atoms with Crippen molar-refractivity contribution in [1.82, 2.24) is 9.88 Å². The number of aliphatic carboxylic acids is 1. The van der Waals surface area contributed by atoms with Gasteiger partial charge in [-0.3, -0.25) is 4.79 Å². The fraction of sp³-hybridized carbons (Fsp3) is 0.375. The molecule has 118 valence electrons. The standard InChI is InChI=1S/C16H19ClN2O3/c1-10(2)15(16(21)22)18-14(20)6-8-19-7-5-11-3-4-12(17)9-13(11)19/h3-5,7,9-10,15H,6,8H2,1-2H3,(H,18,20)(H,21,22)/t15-/m0/s1. The highest BCUT2D eigenvalue weighted by Crippen LogP contribution is 2.20. The quantitative estimate of drug-likeness (QED) is 0.859. The van der Waals surface area contributed by atoms with E-state index < -0.39 is 12.0 Å². The van der Waals surface area contributed by atoms with E-state index in [2.05, 4.69) is 5.32 Å². The van der Waals surface area contributed by atoms with Gasteiger partial charge >= 0.3 is 5.97 Å². The molecule has 1 amide bonds. The van der Waals surface area contributed by atoms with Gasteiger partial charge in [-0.15, -0.1) is 0 Å². The van der Waals surface area contributed by atoms with Crippen molar-refractivity contribution in [2.24, 2.45) is 5.92 Å². The van der Waals surface area contributed by atoms with Crippen LogP contribution in [0.25, 0.3) is 10.9 Å². The van der Waals surface area contributed by atoms with Crippen LogP contribution in [-0.2, 0) is 16.1 Å². The summed E-state index contributed by atoms with van der Waals surface area (Å²) in [6, 6.07) is 6.69. The monoisotopic (exact) mass is 322 g/mol. The molecule has 1 aromatic heterocycles. The Balaban J connectivity index is 2.01. The molecule has 0 aliphatic rings. The number of aromatic nitrogens is 1. The lowest BCUT2D eigenvalue weighted by molar-refractivity contribution is -0.143. The van der Waals surface area contributed by atoms with Crippen LogP contribution in [0.4, 0.5) is 0 Å². The summed E-state index contributed by atoms with van der Waals surface area (Å²) in [5, 5.41) is 13.3. The van der Waals surface area contributed by atoms with Gasteiger partial charge in [-0.25, -0.2) is 4.79 Å². The normalized spacial score (nSPS) is 12.5. The van der Waals surface area contributed by atoms with Gasteiger partial charge in [0.15, 0.2) is 0 Å². The highest BCUT2D eigenvalue weighted by Gasteiger charge is 2.23. The summed E-state index contributed by atoms with van der Waals surface area (Å²) in [6.45, 7) is 4.00. The number of carboxylic acids is 1. The van der Waals surface area contributed by atoms with E-state index >= 15 is 0 Å². The van der Waals surface area contributed by atoms with Crippen LogP contribution in [0.5, 0.6) is 0 Å². The van der Waals surface area contributed by atoms with Crippen molar-refractivity contribution in [1.29, 1.82) is 0 Å². The Morgan fingerprint density at radius 2 is 2.05 bits per heavy atom. The number of nitrogens with zero attached hydrogens (tertiary/aromatic N) is 1. The number of hydrogen-bond donors (Lipinski definition) is 2. The fourth-order valence-electron chi connectivity index (χ4n) is 2.33. The molecule has 0 bridgehead atoms. The van der Waals surface area contributed by atoms with Crippen molar-refractivity contribution in [3.05, 3.63) is 35.5 Å². The Bertz CT molecular complexity index is 694. The van der Waals surface area contributed by atoms with E-state index in [1.165, 1.54) is 0 Å². The van der Waals surface area contributed by atoms with Gasteiger partial charge in [0.1, 0.15) is 6.04 Å². The molecule has 2 N–H and O–H groups in total. The summed E-state index contributed by atoms with van der Waals surface area (Å²) >= 11 is 5.99. The molecular weight excluding hydrogens is 304 g/mol. The van der Waals surface area contributed by atoms with Crippen molar-refractivity contribution < 1.29 is 14.7 Å². The van der Waals surface area contributed by atoms with Crippen molar-refractivity contribution in [3.63, 3.8) is 0 Å². The molecule has 0 unspecified atom stereocenters. The zero-order chi connectivity index (χ0) is 16.3. The number of carbonyl (C=O) groups excluding carboxylic acids is 1. The van der Waals surface area contributed by atoms with Gasteiger partial charge in [0, 0.05) is 29.7 Å². The van der Waals surface area contributed by atoms with Crippen LogP contribution in [0.1, 0.15) is 20.3 Å². The molecule has 1 aromatic carbocycles. The second-order valence-corrected chi connectivity index (χ2v) is 6.03. The van der Waals surface area contributed by atoms with Gasteiger partial charge < -0.3 is 15.0 Å². The van der Waals surface area contributed by atoms with Gasteiger partial charge in [-0.05, 0) is 29.5 Å². The first kappa shape index (κ1) is 16.4. The molecule has 0 aliphatic carbocycles. The number of fused-ring (bicyclic) bond motifs is 1. The number of carboxylic acid groups (broad SMARTS) is 1. The number of hydrogen-bond acceptors (Lipinski definition) is 2. The molecule has 2 aromatic rings. The zero-order valence-electron chi connectivity index (χ0n) is 12.5. The predicted octanol–water partition coefficient (Wildman–Crippen LogP) is 2.91. The minimum Gasteiger partial charge on any atom is -0.480 e. The molecule has 0 saturated heterocycles. The van der Waals surface area contributed by atoms with Crippen molar-refractivity contribution in [2.75, 3.05) is 0 Å². The van der Waals surface area contributed by atoms with Crippen molar-refractivity contribution >= 4 is 34.4 Å². The maximum Gasteiger partial charge on any atom is 0.326 e. The number of carbonyl (C=O) groups is 2. The van der Waals surface area contributed by atoms with E-state index in [9.17, 15) is 9.59 Å². The number of halogens is 1. The third-order valence-electron chi connectivity index (χ3n) is 3.56. The lowest BCUT2D eigenvalue weighted by Crippen LogP contribution is -2.44. The first-order valence-corrected chi connectivity index (χ1v) is 7.53. The Hall–Kier alpha value is -2.01. The van der Waals surface area contributed by atoms with Crippen molar-refractivity contribution in [3.8, 4) is 0 Å². The van der Waals surface area contributed by atoms with Gasteiger partial charge in [-0.2, -0.15) is 0 Å². The molecular formula is C16H19ClN2O3. The van der Waals surface area contributed by atoms with Gasteiger partial charge in [-0.1, -0.05) is 31.5 Å². The number of benzene rings is 1. The smallest absolute Gasteiger partial charge is 0.326 e. The number of rotatable bonds is 6. The van der Waals surface area contributed by atoms with E-state index in [0.29, 0.717) is 11.6 Å². The van der Waals surface area contributed by atoms with Gasteiger partial charge in [0.25, 0.3) is 0 Å². The first-order valence-electron chi connectivity index (χ1n) is 7.15. The molecule has 0 aliphatic heterocycles. The molecule has 0 spiro atoms. The summed E-state index contributed by atoms with van der Waals surface area (Å²) in [5.41, 5.74) is 0.957. The minimum atomic E-state index is -1.01. The summed E-state index contributed by atoms with van der Waals surface area (Å²) in [7, 11) is 0. The molecule has 0 saturated carbocycles. The summed E-state index contributed by atoms with van der Waals surface area (Å²) < 4.78 is 1.94.